The van der Waals surface area contributed by atoms with Gasteiger partial charge in [0.15, 0.2) is 9.84 Å². The predicted octanol–water partition coefficient (Wildman–Crippen LogP) is -0.516. The monoisotopic (exact) mass is 262 g/mol. The average Bonchev–Trinajstić information content (AvgIpc) is 2.59. The van der Waals surface area contributed by atoms with Crippen molar-refractivity contribution in [3.63, 3.8) is 0 Å². The Hall–Kier alpha value is -0.170. The molecular weight excluding hydrogens is 240 g/mol. The van der Waals surface area contributed by atoms with Crippen molar-refractivity contribution < 1.29 is 13.2 Å². The Morgan fingerprint density at radius 3 is 2.71 bits per heavy atom. The van der Waals surface area contributed by atoms with Gasteiger partial charge in [-0.25, -0.2) is 8.42 Å². The Morgan fingerprint density at radius 1 is 1.41 bits per heavy atom. The van der Waals surface area contributed by atoms with Crippen LogP contribution in [0.1, 0.15) is 13.3 Å². The first-order valence-corrected chi connectivity index (χ1v) is 8.14. The quantitative estimate of drug-likeness (QED) is 0.739. The summed E-state index contributed by atoms with van der Waals surface area (Å²) in [6.45, 7) is 6.68. The molecule has 6 heteroatoms. The standard InChI is InChI=1S/C11H22N2O3S/c1-10(8-13-3-5-16-6-4-13)12-11-2-7-17(14,15)9-11/h10-12H,2-9H2,1H3. The van der Waals surface area contributed by atoms with E-state index < -0.39 is 9.84 Å². The zero-order valence-corrected chi connectivity index (χ0v) is 11.2. The van der Waals surface area contributed by atoms with Gasteiger partial charge in [0.2, 0.25) is 0 Å². The Labute approximate surface area is 103 Å². The van der Waals surface area contributed by atoms with Crippen molar-refractivity contribution in [2.75, 3.05) is 44.4 Å². The molecule has 0 spiro atoms. The zero-order valence-electron chi connectivity index (χ0n) is 10.4. The fourth-order valence-electron chi connectivity index (χ4n) is 2.55. The van der Waals surface area contributed by atoms with Crippen molar-refractivity contribution in [2.24, 2.45) is 0 Å². The second-order valence-electron chi connectivity index (χ2n) is 5.08. The molecule has 0 saturated carbocycles. The van der Waals surface area contributed by atoms with Gasteiger partial charge >= 0.3 is 0 Å². The topological polar surface area (TPSA) is 58.6 Å². The van der Waals surface area contributed by atoms with E-state index in [0.29, 0.717) is 17.5 Å². The lowest BCUT2D eigenvalue weighted by molar-refractivity contribution is 0.0340. The zero-order chi connectivity index (χ0) is 12.3. The molecular formula is C11H22N2O3S. The molecule has 0 radical (unpaired) electrons. The van der Waals surface area contributed by atoms with Crippen molar-refractivity contribution in [1.29, 1.82) is 0 Å². The van der Waals surface area contributed by atoms with Crippen LogP contribution in [0.5, 0.6) is 0 Å². The van der Waals surface area contributed by atoms with E-state index >= 15 is 0 Å². The van der Waals surface area contributed by atoms with Gasteiger partial charge in [0.25, 0.3) is 0 Å². The van der Waals surface area contributed by atoms with Gasteiger partial charge in [0.05, 0.1) is 24.7 Å². The third-order valence-corrected chi connectivity index (χ3v) is 5.16. The van der Waals surface area contributed by atoms with Gasteiger partial charge in [0.1, 0.15) is 0 Å². The molecule has 2 fully saturated rings. The summed E-state index contributed by atoms with van der Waals surface area (Å²) in [6, 6.07) is 0.488. The van der Waals surface area contributed by atoms with Crippen molar-refractivity contribution in [3.8, 4) is 0 Å². The van der Waals surface area contributed by atoms with Gasteiger partial charge in [-0.3, -0.25) is 4.90 Å². The molecule has 2 saturated heterocycles. The van der Waals surface area contributed by atoms with Crippen LogP contribution in [0.25, 0.3) is 0 Å². The molecule has 2 heterocycles. The normalized spacial score (nSPS) is 31.5. The first kappa shape index (κ1) is 13.3. The molecule has 2 aliphatic heterocycles. The summed E-state index contributed by atoms with van der Waals surface area (Å²) in [7, 11) is -2.77. The van der Waals surface area contributed by atoms with Gasteiger partial charge in [-0.15, -0.1) is 0 Å². The van der Waals surface area contributed by atoms with Gasteiger partial charge < -0.3 is 10.1 Å². The van der Waals surface area contributed by atoms with Crippen LogP contribution in [-0.4, -0.2) is 69.8 Å². The summed E-state index contributed by atoms with van der Waals surface area (Å²) in [5, 5.41) is 3.42. The lowest BCUT2D eigenvalue weighted by Gasteiger charge is -2.30. The molecule has 2 unspecified atom stereocenters. The molecule has 100 valence electrons. The lowest BCUT2D eigenvalue weighted by atomic mass is 10.2. The molecule has 0 amide bonds. The predicted molar refractivity (Wildman–Crippen MR) is 66.9 cm³/mol. The SMILES string of the molecule is CC(CN1CCOCC1)NC1CCS(=O)(=O)C1. The van der Waals surface area contributed by atoms with Crippen LogP contribution in [0.2, 0.25) is 0 Å². The summed E-state index contributed by atoms with van der Waals surface area (Å²) in [4.78, 5) is 2.37. The summed E-state index contributed by atoms with van der Waals surface area (Å²) in [5.74, 6) is 0.648. The van der Waals surface area contributed by atoms with Gasteiger partial charge in [-0.05, 0) is 13.3 Å². The number of hydrogen-bond donors (Lipinski definition) is 1. The highest BCUT2D eigenvalue weighted by atomic mass is 32.2. The number of rotatable bonds is 4. The minimum atomic E-state index is -2.77. The summed E-state index contributed by atoms with van der Waals surface area (Å²) in [6.07, 6.45) is 0.760. The van der Waals surface area contributed by atoms with E-state index in [1.54, 1.807) is 0 Å². The molecule has 0 aliphatic carbocycles. The fourth-order valence-corrected chi connectivity index (χ4v) is 4.24. The van der Waals surface area contributed by atoms with Crippen LogP contribution in [0.15, 0.2) is 0 Å². The van der Waals surface area contributed by atoms with E-state index in [0.717, 1.165) is 39.3 Å². The number of nitrogens with one attached hydrogen (secondary N) is 1. The van der Waals surface area contributed by atoms with Gasteiger partial charge in [0, 0.05) is 31.7 Å². The number of morpholine rings is 1. The Kier molecular flexibility index (Phi) is 4.41. The molecule has 5 nitrogen and oxygen atoms in total. The highest BCUT2D eigenvalue weighted by Gasteiger charge is 2.28. The molecule has 0 bridgehead atoms. The van der Waals surface area contributed by atoms with Crippen LogP contribution < -0.4 is 5.32 Å². The van der Waals surface area contributed by atoms with E-state index in [1.165, 1.54) is 0 Å². The number of hydrogen-bond acceptors (Lipinski definition) is 5. The van der Waals surface area contributed by atoms with Crippen molar-refractivity contribution >= 4 is 9.84 Å². The lowest BCUT2D eigenvalue weighted by Crippen LogP contribution is -2.47. The molecule has 17 heavy (non-hydrogen) atoms. The first-order valence-electron chi connectivity index (χ1n) is 6.32. The molecule has 0 aromatic carbocycles. The second-order valence-corrected chi connectivity index (χ2v) is 7.31. The Morgan fingerprint density at radius 2 is 2.12 bits per heavy atom. The number of sulfone groups is 1. The van der Waals surface area contributed by atoms with E-state index in [9.17, 15) is 8.42 Å². The van der Waals surface area contributed by atoms with Crippen molar-refractivity contribution in [1.82, 2.24) is 10.2 Å². The van der Waals surface area contributed by atoms with Crippen LogP contribution in [-0.2, 0) is 14.6 Å². The highest BCUT2D eigenvalue weighted by Crippen LogP contribution is 2.12. The maximum absolute atomic E-state index is 11.3. The largest absolute Gasteiger partial charge is 0.379 e. The van der Waals surface area contributed by atoms with Crippen molar-refractivity contribution in [2.45, 2.75) is 25.4 Å². The first-order chi connectivity index (χ1) is 8.05. The molecule has 2 rings (SSSR count). The van der Waals surface area contributed by atoms with Crippen LogP contribution in [0, 0.1) is 0 Å². The Balaban J connectivity index is 1.72. The fraction of sp³-hybridized carbons (Fsp3) is 1.00. The number of nitrogens with zero attached hydrogens (tertiary/aromatic N) is 1. The molecule has 1 N–H and O–H groups in total. The summed E-state index contributed by atoms with van der Waals surface area (Å²) >= 11 is 0. The summed E-state index contributed by atoms with van der Waals surface area (Å²) < 4.78 is 28.0. The van der Waals surface area contributed by atoms with Crippen molar-refractivity contribution in [3.05, 3.63) is 0 Å². The molecule has 0 aromatic rings. The van der Waals surface area contributed by atoms with Crippen LogP contribution in [0.4, 0.5) is 0 Å². The third kappa shape index (κ3) is 4.21. The smallest absolute Gasteiger partial charge is 0.151 e. The minimum Gasteiger partial charge on any atom is -0.379 e. The van der Waals surface area contributed by atoms with E-state index in [-0.39, 0.29) is 6.04 Å². The minimum absolute atomic E-state index is 0.149. The third-order valence-electron chi connectivity index (χ3n) is 3.39. The van der Waals surface area contributed by atoms with E-state index in [4.69, 9.17) is 4.74 Å². The van der Waals surface area contributed by atoms with Crippen LogP contribution in [0.3, 0.4) is 0 Å². The second kappa shape index (κ2) is 5.65. The molecule has 2 atom stereocenters. The molecule has 0 aromatic heterocycles. The summed E-state index contributed by atoms with van der Waals surface area (Å²) in [5.41, 5.74) is 0. The van der Waals surface area contributed by atoms with E-state index in [1.807, 2.05) is 0 Å². The van der Waals surface area contributed by atoms with Crippen LogP contribution >= 0.6 is 0 Å². The van der Waals surface area contributed by atoms with Gasteiger partial charge in [-0.1, -0.05) is 0 Å². The maximum Gasteiger partial charge on any atom is 0.151 e. The number of ether oxygens (including phenoxy) is 1. The average molecular weight is 262 g/mol. The molecule has 2 aliphatic rings. The van der Waals surface area contributed by atoms with Gasteiger partial charge in [-0.2, -0.15) is 0 Å². The van der Waals surface area contributed by atoms with E-state index in [2.05, 4.69) is 17.1 Å². The maximum atomic E-state index is 11.3. The Bertz CT molecular complexity index is 339. The highest BCUT2D eigenvalue weighted by molar-refractivity contribution is 7.91.